The SMILES string of the molecule is CC(C)CCO[C@@H]1C=C[C@H](O)[C@@H](CC#N)O1. The molecule has 0 aromatic heterocycles. The molecular weight excluding hydrogens is 206 g/mol. The summed E-state index contributed by atoms with van der Waals surface area (Å²) < 4.78 is 10.9. The molecule has 0 unspecified atom stereocenters. The molecule has 0 bridgehead atoms. The fourth-order valence-corrected chi connectivity index (χ4v) is 1.40. The van der Waals surface area contributed by atoms with E-state index in [2.05, 4.69) is 13.8 Å². The van der Waals surface area contributed by atoms with E-state index < -0.39 is 18.5 Å². The molecule has 1 aliphatic heterocycles. The van der Waals surface area contributed by atoms with Gasteiger partial charge in [-0.05, 0) is 18.4 Å². The fraction of sp³-hybridized carbons (Fsp3) is 0.750. The number of rotatable bonds is 5. The van der Waals surface area contributed by atoms with Crippen molar-refractivity contribution in [1.82, 2.24) is 0 Å². The standard InChI is InChI=1S/C12H19NO3/c1-9(2)6-8-15-12-4-3-10(14)11(16-12)5-7-13/h3-4,9-12,14H,5-6,8H2,1-2H3/t10-,11+,12-/m0/s1. The van der Waals surface area contributed by atoms with Crippen molar-refractivity contribution in [3.63, 3.8) is 0 Å². The highest BCUT2D eigenvalue weighted by Gasteiger charge is 2.25. The Morgan fingerprint density at radius 3 is 2.88 bits per heavy atom. The summed E-state index contributed by atoms with van der Waals surface area (Å²) in [7, 11) is 0. The minimum atomic E-state index is -0.704. The summed E-state index contributed by atoms with van der Waals surface area (Å²) in [4.78, 5) is 0. The Morgan fingerprint density at radius 1 is 1.50 bits per heavy atom. The van der Waals surface area contributed by atoms with E-state index in [0.717, 1.165) is 6.42 Å². The molecule has 0 amide bonds. The molecule has 4 heteroatoms. The zero-order chi connectivity index (χ0) is 12.0. The first-order valence-electron chi connectivity index (χ1n) is 5.64. The number of nitrogens with zero attached hydrogens (tertiary/aromatic N) is 1. The van der Waals surface area contributed by atoms with Gasteiger partial charge in [0.2, 0.25) is 0 Å². The van der Waals surface area contributed by atoms with Crippen molar-refractivity contribution in [3.8, 4) is 6.07 Å². The van der Waals surface area contributed by atoms with Crippen LogP contribution in [0.5, 0.6) is 0 Å². The van der Waals surface area contributed by atoms with Crippen molar-refractivity contribution >= 4 is 0 Å². The van der Waals surface area contributed by atoms with Gasteiger partial charge in [0.05, 0.1) is 25.2 Å². The first kappa shape index (κ1) is 13.2. The predicted octanol–water partition coefficient (Wildman–Crippen LogP) is 1.60. The van der Waals surface area contributed by atoms with Crippen LogP contribution in [0.2, 0.25) is 0 Å². The van der Waals surface area contributed by atoms with Crippen molar-refractivity contribution in [2.75, 3.05) is 6.61 Å². The summed E-state index contributed by atoms with van der Waals surface area (Å²) in [5.74, 6) is 0.591. The largest absolute Gasteiger partial charge is 0.386 e. The van der Waals surface area contributed by atoms with Gasteiger partial charge in [0, 0.05) is 0 Å². The van der Waals surface area contributed by atoms with Gasteiger partial charge in [-0.15, -0.1) is 0 Å². The van der Waals surface area contributed by atoms with Crippen LogP contribution in [0.1, 0.15) is 26.7 Å². The molecule has 0 fully saturated rings. The lowest BCUT2D eigenvalue weighted by Crippen LogP contribution is -2.36. The van der Waals surface area contributed by atoms with Gasteiger partial charge >= 0.3 is 0 Å². The molecule has 4 nitrogen and oxygen atoms in total. The van der Waals surface area contributed by atoms with E-state index >= 15 is 0 Å². The van der Waals surface area contributed by atoms with Crippen molar-refractivity contribution in [3.05, 3.63) is 12.2 Å². The van der Waals surface area contributed by atoms with Gasteiger partial charge in [0.1, 0.15) is 6.10 Å². The third-order valence-electron chi connectivity index (χ3n) is 2.43. The minimum absolute atomic E-state index is 0.176. The van der Waals surface area contributed by atoms with Crippen LogP contribution in [-0.4, -0.2) is 30.2 Å². The maximum atomic E-state index is 9.51. The van der Waals surface area contributed by atoms with Crippen molar-refractivity contribution < 1.29 is 14.6 Å². The van der Waals surface area contributed by atoms with E-state index in [1.807, 2.05) is 6.07 Å². The number of aliphatic hydroxyl groups is 1. The molecule has 0 radical (unpaired) electrons. The zero-order valence-electron chi connectivity index (χ0n) is 9.80. The monoisotopic (exact) mass is 225 g/mol. The maximum absolute atomic E-state index is 9.51. The fourth-order valence-electron chi connectivity index (χ4n) is 1.40. The predicted molar refractivity (Wildman–Crippen MR) is 59.4 cm³/mol. The third kappa shape index (κ3) is 4.31. The normalized spacial score (nSPS) is 29.3. The summed E-state index contributed by atoms with van der Waals surface area (Å²) in [6, 6.07) is 1.99. The molecule has 0 saturated carbocycles. The van der Waals surface area contributed by atoms with Crippen LogP contribution in [0.3, 0.4) is 0 Å². The van der Waals surface area contributed by atoms with E-state index in [1.165, 1.54) is 0 Å². The lowest BCUT2D eigenvalue weighted by atomic mass is 10.1. The second kappa shape index (κ2) is 6.64. The van der Waals surface area contributed by atoms with Crippen LogP contribution in [0.4, 0.5) is 0 Å². The Balaban J connectivity index is 2.34. The van der Waals surface area contributed by atoms with Crippen LogP contribution in [0.25, 0.3) is 0 Å². The van der Waals surface area contributed by atoms with Gasteiger partial charge < -0.3 is 14.6 Å². The van der Waals surface area contributed by atoms with Gasteiger partial charge in [-0.25, -0.2) is 0 Å². The van der Waals surface area contributed by atoms with Crippen LogP contribution in [0.15, 0.2) is 12.2 Å². The second-order valence-electron chi connectivity index (χ2n) is 4.33. The summed E-state index contributed by atoms with van der Waals surface area (Å²) in [5.41, 5.74) is 0. The number of aliphatic hydroxyl groups excluding tert-OH is 1. The van der Waals surface area contributed by atoms with Gasteiger partial charge in [-0.2, -0.15) is 5.26 Å². The number of hydrogen-bond donors (Lipinski definition) is 1. The van der Waals surface area contributed by atoms with Crippen molar-refractivity contribution in [2.24, 2.45) is 5.92 Å². The van der Waals surface area contributed by atoms with Crippen LogP contribution < -0.4 is 0 Å². The van der Waals surface area contributed by atoms with E-state index in [4.69, 9.17) is 14.7 Å². The highest BCUT2D eigenvalue weighted by molar-refractivity contribution is 5.01. The molecule has 1 aliphatic rings. The van der Waals surface area contributed by atoms with Crippen molar-refractivity contribution in [1.29, 1.82) is 5.26 Å². The molecule has 90 valence electrons. The average molecular weight is 225 g/mol. The Morgan fingerprint density at radius 2 is 2.25 bits per heavy atom. The van der Waals surface area contributed by atoms with E-state index in [1.54, 1.807) is 12.2 Å². The van der Waals surface area contributed by atoms with E-state index in [9.17, 15) is 5.11 Å². The van der Waals surface area contributed by atoms with Gasteiger partial charge in [0.15, 0.2) is 6.29 Å². The molecule has 16 heavy (non-hydrogen) atoms. The Labute approximate surface area is 96.5 Å². The third-order valence-corrected chi connectivity index (χ3v) is 2.43. The Kier molecular flexibility index (Phi) is 5.47. The van der Waals surface area contributed by atoms with E-state index in [0.29, 0.717) is 12.5 Å². The Hall–Kier alpha value is -0.890. The summed E-state index contributed by atoms with van der Waals surface area (Å²) in [5, 5.41) is 18.1. The number of ether oxygens (including phenoxy) is 2. The van der Waals surface area contributed by atoms with Gasteiger partial charge in [-0.1, -0.05) is 19.9 Å². The first-order chi connectivity index (χ1) is 7.63. The average Bonchev–Trinajstić information content (AvgIpc) is 2.22. The molecule has 0 aromatic carbocycles. The number of nitriles is 1. The number of hydrogen-bond acceptors (Lipinski definition) is 4. The van der Waals surface area contributed by atoms with Crippen LogP contribution in [0, 0.1) is 17.2 Å². The molecule has 0 aromatic rings. The molecular formula is C12H19NO3. The molecule has 1 rings (SSSR count). The Bertz CT molecular complexity index is 270. The summed E-state index contributed by atoms with van der Waals surface area (Å²) >= 11 is 0. The maximum Gasteiger partial charge on any atom is 0.177 e. The first-order valence-corrected chi connectivity index (χ1v) is 5.64. The molecule has 1 N–H and O–H groups in total. The molecule has 0 aliphatic carbocycles. The molecule has 1 heterocycles. The van der Waals surface area contributed by atoms with Gasteiger partial charge in [0.25, 0.3) is 0 Å². The van der Waals surface area contributed by atoms with Crippen LogP contribution >= 0.6 is 0 Å². The quantitative estimate of drug-likeness (QED) is 0.722. The topological polar surface area (TPSA) is 62.5 Å². The van der Waals surface area contributed by atoms with Crippen molar-refractivity contribution in [2.45, 2.75) is 45.2 Å². The van der Waals surface area contributed by atoms with Gasteiger partial charge in [-0.3, -0.25) is 0 Å². The lowest BCUT2D eigenvalue weighted by Gasteiger charge is -2.28. The molecule has 3 atom stereocenters. The second-order valence-corrected chi connectivity index (χ2v) is 4.33. The smallest absolute Gasteiger partial charge is 0.177 e. The highest BCUT2D eigenvalue weighted by atomic mass is 16.7. The molecule has 0 saturated heterocycles. The summed E-state index contributed by atoms with van der Waals surface area (Å²) in [6.45, 7) is 4.88. The minimum Gasteiger partial charge on any atom is -0.386 e. The van der Waals surface area contributed by atoms with Crippen LogP contribution in [-0.2, 0) is 9.47 Å². The van der Waals surface area contributed by atoms with E-state index in [-0.39, 0.29) is 6.42 Å². The summed E-state index contributed by atoms with van der Waals surface area (Å²) in [6.07, 6.45) is 2.86. The molecule has 0 spiro atoms. The zero-order valence-corrected chi connectivity index (χ0v) is 9.80. The lowest BCUT2D eigenvalue weighted by molar-refractivity contribution is -0.170. The highest BCUT2D eigenvalue weighted by Crippen LogP contribution is 2.17.